The van der Waals surface area contributed by atoms with Crippen molar-refractivity contribution in [1.82, 2.24) is 9.80 Å². The lowest BCUT2D eigenvalue weighted by molar-refractivity contribution is 0.0289. The Hall–Kier alpha value is -1.30. The summed E-state index contributed by atoms with van der Waals surface area (Å²) in [6, 6.07) is 4.62. The van der Waals surface area contributed by atoms with Crippen molar-refractivity contribution in [3.63, 3.8) is 0 Å². The van der Waals surface area contributed by atoms with Crippen molar-refractivity contribution in [2.75, 3.05) is 26.3 Å². The number of benzene rings is 1. The molecule has 5 nitrogen and oxygen atoms in total. The Labute approximate surface area is 153 Å². The van der Waals surface area contributed by atoms with E-state index < -0.39 is 6.09 Å². The van der Waals surface area contributed by atoms with Gasteiger partial charge in [-0.1, -0.05) is 11.6 Å². The molecule has 136 valence electrons. The quantitative estimate of drug-likeness (QED) is 0.869. The summed E-state index contributed by atoms with van der Waals surface area (Å²) in [6.07, 6.45) is 4.16. The number of hydrogen-bond acceptors (Lipinski definition) is 3. The van der Waals surface area contributed by atoms with E-state index in [1.54, 1.807) is 4.90 Å². The van der Waals surface area contributed by atoms with Gasteiger partial charge in [-0.15, -0.1) is 0 Å². The Morgan fingerprint density at radius 3 is 2.76 bits per heavy atom. The second kappa shape index (κ2) is 7.14. The van der Waals surface area contributed by atoms with Crippen molar-refractivity contribution >= 4 is 17.7 Å². The normalized spacial score (nSPS) is 25.2. The van der Waals surface area contributed by atoms with Crippen molar-refractivity contribution in [3.05, 3.63) is 33.8 Å². The summed E-state index contributed by atoms with van der Waals surface area (Å²) in [5.74, 6) is 0. The molecule has 25 heavy (non-hydrogen) atoms. The molecular formula is C19H25ClN2O3. The van der Waals surface area contributed by atoms with Crippen LogP contribution in [-0.2, 0) is 17.7 Å². The lowest BCUT2D eigenvalue weighted by atomic mass is 9.89. The molecule has 4 rings (SSSR count). The van der Waals surface area contributed by atoms with Crippen LogP contribution in [0, 0.1) is 0 Å². The number of halogens is 1. The van der Waals surface area contributed by atoms with Gasteiger partial charge in [0.1, 0.15) is 0 Å². The first kappa shape index (κ1) is 17.1. The Balaban J connectivity index is 1.61. The number of amides is 1. The highest BCUT2D eigenvalue weighted by atomic mass is 35.5. The SMILES string of the molecule is O=C(O)N1CCC[C@H]1c1cc(Cl)cc2c1CCN(C1CCOCC1)C2. The second-order valence-electron chi connectivity index (χ2n) is 7.33. The van der Waals surface area contributed by atoms with Gasteiger partial charge in [-0.3, -0.25) is 4.90 Å². The predicted molar refractivity (Wildman–Crippen MR) is 96.1 cm³/mol. The average Bonchev–Trinajstić information content (AvgIpc) is 3.11. The van der Waals surface area contributed by atoms with Crippen LogP contribution in [0.15, 0.2) is 12.1 Å². The molecule has 0 radical (unpaired) electrons. The summed E-state index contributed by atoms with van der Waals surface area (Å²) >= 11 is 6.42. The van der Waals surface area contributed by atoms with Crippen LogP contribution in [-0.4, -0.2) is 53.3 Å². The molecule has 0 aromatic heterocycles. The maximum atomic E-state index is 11.6. The van der Waals surface area contributed by atoms with Crippen LogP contribution in [0.3, 0.4) is 0 Å². The monoisotopic (exact) mass is 364 g/mol. The van der Waals surface area contributed by atoms with E-state index in [-0.39, 0.29) is 6.04 Å². The van der Waals surface area contributed by atoms with Gasteiger partial charge < -0.3 is 14.7 Å². The van der Waals surface area contributed by atoms with Gasteiger partial charge in [0.2, 0.25) is 0 Å². The van der Waals surface area contributed by atoms with E-state index in [0.717, 1.165) is 69.0 Å². The molecule has 1 N–H and O–H groups in total. The Morgan fingerprint density at radius 2 is 2.00 bits per heavy atom. The molecule has 1 atom stereocenters. The fourth-order valence-corrected chi connectivity index (χ4v) is 4.94. The summed E-state index contributed by atoms with van der Waals surface area (Å²) < 4.78 is 5.49. The summed E-state index contributed by atoms with van der Waals surface area (Å²) in [5.41, 5.74) is 3.73. The average molecular weight is 365 g/mol. The van der Waals surface area contributed by atoms with Gasteiger partial charge in [-0.05, 0) is 60.9 Å². The fourth-order valence-electron chi connectivity index (χ4n) is 4.69. The first-order valence-electron chi connectivity index (χ1n) is 9.26. The Kier molecular flexibility index (Phi) is 4.89. The van der Waals surface area contributed by atoms with E-state index in [9.17, 15) is 9.90 Å². The zero-order valence-corrected chi connectivity index (χ0v) is 15.2. The molecule has 3 heterocycles. The number of carbonyl (C=O) groups is 1. The number of rotatable bonds is 2. The number of likely N-dealkylation sites (tertiary alicyclic amines) is 1. The van der Waals surface area contributed by atoms with Gasteiger partial charge in [0, 0.05) is 43.9 Å². The molecule has 1 aromatic rings. The minimum atomic E-state index is -0.823. The molecule has 1 aromatic carbocycles. The van der Waals surface area contributed by atoms with Crippen molar-refractivity contribution in [2.24, 2.45) is 0 Å². The minimum absolute atomic E-state index is 0.0421. The fraction of sp³-hybridized carbons (Fsp3) is 0.632. The topological polar surface area (TPSA) is 53.0 Å². The largest absolute Gasteiger partial charge is 0.465 e. The molecule has 0 unspecified atom stereocenters. The zero-order chi connectivity index (χ0) is 17.4. The van der Waals surface area contributed by atoms with Crippen LogP contribution in [0.5, 0.6) is 0 Å². The third kappa shape index (κ3) is 3.37. The second-order valence-corrected chi connectivity index (χ2v) is 7.77. The highest BCUT2D eigenvalue weighted by Gasteiger charge is 2.34. The number of carboxylic acid groups (broad SMARTS) is 1. The third-order valence-electron chi connectivity index (χ3n) is 5.93. The van der Waals surface area contributed by atoms with Crippen molar-refractivity contribution in [1.29, 1.82) is 0 Å². The molecule has 2 fully saturated rings. The first-order valence-corrected chi connectivity index (χ1v) is 9.64. The van der Waals surface area contributed by atoms with Gasteiger partial charge in [0.15, 0.2) is 0 Å². The van der Waals surface area contributed by atoms with Crippen LogP contribution in [0.2, 0.25) is 5.02 Å². The smallest absolute Gasteiger partial charge is 0.407 e. The highest BCUT2D eigenvalue weighted by molar-refractivity contribution is 6.30. The lowest BCUT2D eigenvalue weighted by Crippen LogP contribution is -2.42. The summed E-state index contributed by atoms with van der Waals surface area (Å²) in [4.78, 5) is 15.7. The zero-order valence-electron chi connectivity index (χ0n) is 14.4. The van der Waals surface area contributed by atoms with Gasteiger partial charge >= 0.3 is 6.09 Å². The van der Waals surface area contributed by atoms with Crippen LogP contribution < -0.4 is 0 Å². The summed E-state index contributed by atoms with van der Waals surface area (Å²) in [7, 11) is 0. The van der Waals surface area contributed by atoms with Gasteiger partial charge in [-0.2, -0.15) is 0 Å². The van der Waals surface area contributed by atoms with Crippen LogP contribution in [0.4, 0.5) is 4.79 Å². The Bertz CT molecular complexity index is 660. The molecule has 0 spiro atoms. The van der Waals surface area contributed by atoms with Crippen LogP contribution >= 0.6 is 11.6 Å². The number of hydrogen-bond donors (Lipinski definition) is 1. The van der Waals surface area contributed by atoms with Gasteiger partial charge in [0.05, 0.1) is 6.04 Å². The van der Waals surface area contributed by atoms with Crippen LogP contribution in [0.1, 0.15) is 48.4 Å². The summed E-state index contributed by atoms with van der Waals surface area (Å²) in [6.45, 7) is 4.27. The molecule has 3 aliphatic heterocycles. The van der Waals surface area contributed by atoms with E-state index in [4.69, 9.17) is 16.3 Å². The number of ether oxygens (including phenoxy) is 1. The van der Waals surface area contributed by atoms with E-state index in [1.165, 1.54) is 11.1 Å². The highest BCUT2D eigenvalue weighted by Crippen LogP contribution is 2.38. The van der Waals surface area contributed by atoms with Crippen molar-refractivity contribution in [3.8, 4) is 0 Å². The molecule has 0 bridgehead atoms. The summed E-state index contributed by atoms with van der Waals surface area (Å²) in [5, 5.41) is 10.2. The standard InChI is InChI=1S/C19H25ClN2O3/c20-14-10-13-12-21(15-4-8-25-9-5-15)7-3-16(13)17(11-14)18-2-1-6-22(18)19(23)24/h10-11,15,18H,1-9,12H2,(H,23,24)/t18-/m0/s1. The predicted octanol–water partition coefficient (Wildman–Crippen LogP) is 3.69. The van der Waals surface area contributed by atoms with Crippen LogP contribution in [0.25, 0.3) is 0 Å². The lowest BCUT2D eigenvalue weighted by Gasteiger charge is -2.39. The molecular weight excluding hydrogens is 340 g/mol. The molecule has 6 heteroatoms. The Morgan fingerprint density at radius 1 is 1.20 bits per heavy atom. The molecule has 0 saturated carbocycles. The van der Waals surface area contributed by atoms with E-state index in [1.807, 2.05) is 6.07 Å². The minimum Gasteiger partial charge on any atom is -0.465 e. The third-order valence-corrected chi connectivity index (χ3v) is 6.15. The molecule has 1 amide bonds. The van der Waals surface area contributed by atoms with Crippen molar-refractivity contribution in [2.45, 2.75) is 50.7 Å². The van der Waals surface area contributed by atoms with E-state index in [0.29, 0.717) is 12.6 Å². The van der Waals surface area contributed by atoms with E-state index in [2.05, 4.69) is 11.0 Å². The molecule has 3 aliphatic rings. The van der Waals surface area contributed by atoms with Gasteiger partial charge in [-0.25, -0.2) is 4.79 Å². The van der Waals surface area contributed by atoms with Gasteiger partial charge in [0.25, 0.3) is 0 Å². The maximum absolute atomic E-state index is 11.6. The first-order chi connectivity index (χ1) is 12.1. The molecule has 0 aliphatic carbocycles. The number of fused-ring (bicyclic) bond motifs is 1. The van der Waals surface area contributed by atoms with E-state index >= 15 is 0 Å². The maximum Gasteiger partial charge on any atom is 0.407 e. The molecule has 2 saturated heterocycles. The van der Waals surface area contributed by atoms with Crippen molar-refractivity contribution < 1.29 is 14.6 Å². The number of nitrogens with zero attached hydrogens (tertiary/aromatic N) is 2.